The molecule has 2 aromatic heterocycles. The maximum atomic E-state index is 5.34. The third kappa shape index (κ3) is 5.33. The highest BCUT2D eigenvalue weighted by molar-refractivity contribution is 7.61. The van der Waals surface area contributed by atoms with Crippen LogP contribution in [0.3, 0.4) is 0 Å². The highest BCUT2D eigenvalue weighted by Gasteiger charge is 2.50. The van der Waals surface area contributed by atoms with Gasteiger partial charge in [-0.3, -0.25) is 0 Å². The average molecular weight is 635 g/mol. The molecule has 2 aromatic carbocycles. The van der Waals surface area contributed by atoms with Gasteiger partial charge in [0.15, 0.2) is 0 Å². The van der Waals surface area contributed by atoms with Gasteiger partial charge >= 0.3 is 0 Å². The molecule has 0 unspecified atom stereocenters. The van der Waals surface area contributed by atoms with E-state index in [4.69, 9.17) is 9.97 Å². The molecule has 0 amide bonds. The standard InChI is InChI=1S/C32H50N4SSi4/c1-23-24(2)34-30-29(33-23)31(40(11,12)38(7,8)27-19-15-25(16-20-27)35(3)4)37-32(30)41(13,14)39(9,10)28-21-17-26(18-22-28)36(5)6/h15-22H,1-14H3. The van der Waals surface area contributed by atoms with Gasteiger partial charge in [-0.15, -0.1) is 0 Å². The number of aromatic nitrogens is 2. The Kier molecular flexibility index (Phi) is 8.47. The monoisotopic (exact) mass is 634 g/mol. The maximum Gasteiger partial charge on any atom is 0.0982 e. The molecule has 9 heteroatoms. The van der Waals surface area contributed by atoms with E-state index in [2.05, 4.69) is 164 Å². The van der Waals surface area contributed by atoms with Crippen molar-refractivity contribution in [2.75, 3.05) is 38.0 Å². The van der Waals surface area contributed by atoms with Crippen molar-refractivity contribution in [3.05, 3.63) is 59.9 Å². The van der Waals surface area contributed by atoms with Crippen LogP contribution in [0.25, 0.3) is 11.0 Å². The van der Waals surface area contributed by atoms with E-state index in [-0.39, 0.29) is 0 Å². The van der Waals surface area contributed by atoms with E-state index in [0.29, 0.717) is 0 Å². The fourth-order valence-electron chi connectivity index (χ4n) is 5.61. The van der Waals surface area contributed by atoms with Crippen LogP contribution in [-0.4, -0.2) is 68.5 Å². The molecule has 220 valence electrons. The predicted molar refractivity (Wildman–Crippen MR) is 197 cm³/mol. The highest BCUT2D eigenvalue weighted by atomic mass is 32.1. The van der Waals surface area contributed by atoms with Crippen molar-refractivity contribution in [2.24, 2.45) is 0 Å². The molecular weight excluding hydrogens is 585 g/mol. The second kappa shape index (κ2) is 10.9. The summed E-state index contributed by atoms with van der Waals surface area (Å²) in [5, 5.41) is 3.10. The Morgan fingerprint density at radius 1 is 0.488 bits per heavy atom. The Labute approximate surface area is 256 Å². The van der Waals surface area contributed by atoms with Crippen molar-refractivity contribution in [1.29, 1.82) is 0 Å². The Bertz CT molecular complexity index is 1440. The van der Waals surface area contributed by atoms with Crippen LogP contribution in [0.15, 0.2) is 48.5 Å². The van der Waals surface area contributed by atoms with E-state index in [1.54, 1.807) is 19.4 Å². The summed E-state index contributed by atoms with van der Waals surface area (Å²) in [6.07, 6.45) is 0. The molecule has 0 aliphatic heterocycles. The second-order valence-corrected chi connectivity index (χ2v) is 46.1. The molecule has 0 atom stereocenters. The third-order valence-corrected chi connectivity index (χ3v) is 50.5. The van der Waals surface area contributed by atoms with Crippen molar-refractivity contribution in [3.8, 4) is 0 Å². The van der Waals surface area contributed by atoms with Crippen molar-refractivity contribution < 1.29 is 0 Å². The summed E-state index contributed by atoms with van der Waals surface area (Å²) in [6, 6.07) is 18.8. The Morgan fingerprint density at radius 3 is 1.05 bits per heavy atom. The molecule has 0 bridgehead atoms. The summed E-state index contributed by atoms with van der Waals surface area (Å²) >= 11 is 2.11. The van der Waals surface area contributed by atoms with Crippen LogP contribution in [0.2, 0.25) is 52.4 Å². The van der Waals surface area contributed by atoms with Gasteiger partial charge in [0.2, 0.25) is 0 Å². The maximum absolute atomic E-state index is 5.34. The van der Waals surface area contributed by atoms with E-state index < -0.39 is 30.4 Å². The van der Waals surface area contributed by atoms with Gasteiger partial charge in [-0.05, 0) is 38.1 Å². The summed E-state index contributed by atoms with van der Waals surface area (Å²) in [4.78, 5) is 15.0. The van der Waals surface area contributed by atoms with Crippen LogP contribution in [0.1, 0.15) is 11.4 Å². The first kappa shape index (κ1) is 31.9. The second-order valence-electron chi connectivity index (χ2n) is 14.2. The lowest BCUT2D eigenvalue weighted by Crippen LogP contribution is -2.69. The molecule has 0 saturated carbocycles. The molecular formula is C32H50N4SSi4. The zero-order valence-electron chi connectivity index (χ0n) is 27.8. The number of aryl methyl sites for hydroxylation is 2. The molecule has 41 heavy (non-hydrogen) atoms. The van der Waals surface area contributed by atoms with Crippen LogP contribution in [0, 0.1) is 13.8 Å². The first-order valence-electron chi connectivity index (χ1n) is 14.7. The normalized spacial score (nSPS) is 13.1. The predicted octanol–water partition coefficient (Wildman–Crippen LogP) is 5.66. The van der Waals surface area contributed by atoms with E-state index in [1.807, 2.05) is 0 Å². The lowest BCUT2D eigenvalue weighted by molar-refractivity contribution is 1.11. The highest BCUT2D eigenvalue weighted by Crippen LogP contribution is 2.30. The average Bonchev–Trinajstić information content (AvgIpc) is 3.28. The van der Waals surface area contributed by atoms with Crippen LogP contribution in [-0.2, 0) is 0 Å². The molecule has 0 spiro atoms. The van der Waals surface area contributed by atoms with Gasteiger partial charge in [-0.2, -0.15) is 11.3 Å². The minimum absolute atomic E-state index is 1.07. The van der Waals surface area contributed by atoms with Crippen molar-refractivity contribution >= 4 is 83.5 Å². The van der Waals surface area contributed by atoms with E-state index in [1.165, 1.54) is 22.4 Å². The minimum atomic E-state index is -1.94. The number of thiophene rings is 1. The topological polar surface area (TPSA) is 32.3 Å². The van der Waals surface area contributed by atoms with Crippen LogP contribution < -0.4 is 29.2 Å². The zero-order valence-corrected chi connectivity index (χ0v) is 32.6. The zero-order chi connectivity index (χ0) is 30.7. The molecule has 0 aliphatic rings. The van der Waals surface area contributed by atoms with Gasteiger partial charge in [-0.1, -0.05) is 87.0 Å². The SMILES string of the molecule is Cc1nc2c([Si](C)(C)[Si](C)(C)c3ccc(N(C)C)cc3)sc([Si](C)(C)[Si](C)(C)c3ccc(N(C)C)cc3)c2nc1C. The first-order chi connectivity index (χ1) is 18.8. The number of hydrogen-bond acceptors (Lipinski definition) is 5. The largest absolute Gasteiger partial charge is 0.378 e. The summed E-state index contributed by atoms with van der Waals surface area (Å²) in [5.41, 5.74) is 7.08. The number of fused-ring (bicyclic) bond motifs is 1. The summed E-state index contributed by atoms with van der Waals surface area (Å²) < 4.78 is 3.14. The summed E-state index contributed by atoms with van der Waals surface area (Å²) in [5.74, 6) is 0. The number of rotatable bonds is 8. The van der Waals surface area contributed by atoms with Crippen molar-refractivity contribution in [2.45, 2.75) is 66.2 Å². The first-order valence-corrected chi connectivity index (χ1v) is 29.5. The molecule has 0 radical (unpaired) electrons. The molecule has 4 nitrogen and oxygen atoms in total. The van der Waals surface area contributed by atoms with E-state index in [0.717, 1.165) is 11.4 Å². The van der Waals surface area contributed by atoms with Gasteiger partial charge in [0.1, 0.15) is 0 Å². The van der Waals surface area contributed by atoms with Crippen LogP contribution in [0.4, 0.5) is 11.4 Å². The summed E-state index contributed by atoms with van der Waals surface area (Å²) in [7, 11) is 0.904. The Balaban J connectivity index is 1.91. The van der Waals surface area contributed by atoms with Crippen LogP contribution in [0.5, 0.6) is 0 Å². The van der Waals surface area contributed by atoms with E-state index >= 15 is 0 Å². The van der Waals surface area contributed by atoms with E-state index in [9.17, 15) is 0 Å². The molecule has 0 saturated heterocycles. The van der Waals surface area contributed by atoms with Crippen molar-refractivity contribution in [3.63, 3.8) is 0 Å². The molecule has 0 N–H and O–H groups in total. The minimum Gasteiger partial charge on any atom is -0.378 e. The molecule has 0 fully saturated rings. The van der Waals surface area contributed by atoms with Gasteiger partial charge in [0.05, 0.1) is 52.8 Å². The number of anilines is 2. The smallest absolute Gasteiger partial charge is 0.0982 e. The number of benzene rings is 2. The van der Waals surface area contributed by atoms with Crippen LogP contribution >= 0.6 is 11.3 Å². The van der Waals surface area contributed by atoms with Gasteiger partial charge < -0.3 is 9.80 Å². The van der Waals surface area contributed by atoms with Crippen molar-refractivity contribution in [1.82, 2.24) is 9.97 Å². The Hall–Kier alpha value is -2.05. The third-order valence-electron chi connectivity index (χ3n) is 10.4. The van der Waals surface area contributed by atoms with Gasteiger partial charge in [0.25, 0.3) is 0 Å². The fourth-order valence-corrected chi connectivity index (χ4v) is 30.3. The molecule has 4 aromatic rings. The Morgan fingerprint density at radius 2 is 0.780 bits per heavy atom. The molecule has 2 heterocycles. The van der Waals surface area contributed by atoms with Gasteiger partial charge in [-0.25, -0.2) is 9.97 Å². The molecule has 4 rings (SSSR count). The number of nitrogens with zero attached hydrogens (tertiary/aromatic N) is 4. The fraction of sp³-hybridized carbons (Fsp3) is 0.438. The van der Waals surface area contributed by atoms with Gasteiger partial charge in [0, 0.05) is 48.6 Å². The quantitative estimate of drug-likeness (QED) is 0.234. The lowest BCUT2D eigenvalue weighted by atomic mass is 10.3. The summed E-state index contributed by atoms with van der Waals surface area (Å²) in [6.45, 7) is 25.1. The lowest BCUT2D eigenvalue weighted by Gasteiger charge is -2.39. The number of hydrogen-bond donors (Lipinski definition) is 0. The molecule has 0 aliphatic carbocycles.